The van der Waals surface area contributed by atoms with Crippen LogP contribution in [0.15, 0.2) is 29.2 Å². The van der Waals surface area contributed by atoms with E-state index in [1.54, 1.807) is 6.92 Å². The molecule has 1 amide bonds. The summed E-state index contributed by atoms with van der Waals surface area (Å²) in [5.41, 5.74) is 0.227. The van der Waals surface area contributed by atoms with Crippen molar-refractivity contribution in [1.82, 2.24) is 9.62 Å². The van der Waals surface area contributed by atoms with Gasteiger partial charge in [-0.3, -0.25) is 4.79 Å². The molecule has 2 unspecified atom stereocenters. The molecule has 2 N–H and O–H groups in total. The van der Waals surface area contributed by atoms with Gasteiger partial charge in [0.25, 0.3) is 5.91 Å². The Morgan fingerprint density at radius 2 is 1.92 bits per heavy atom. The molecule has 8 heteroatoms. The highest BCUT2D eigenvalue weighted by atomic mass is 32.2. The summed E-state index contributed by atoms with van der Waals surface area (Å²) in [5.74, 6) is -1.64. The van der Waals surface area contributed by atoms with Crippen LogP contribution in [0.4, 0.5) is 0 Å². The van der Waals surface area contributed by atoms with Crippen LogP contribution < -0.4 is 5.32 Å². The van der Waals surface area contributed by atoms with Crippen LogP contribution >= 0.6 is 0 Å². The second kappa shape index (κ2) is 7.97. The minimum atomic E-state index is -3.59. The molecule has 1 aliphatic rings. The third-order valence-electron chi connectivity index (χ3n) is 4.48. The molecule has 0 saturated carbocycles. The van der Waals surface area contributed by atoms with Gasteiger partial charge < -0.3 is 10.4 Å². The van der Waals surface area contributed by atoms with E-state index in [2.05, 4.69) is 5.32 Å². The Kier molecular flexibility index (Phi) is 6.18. The molecule has 1 fully saturated rings. The Balaban J connectivity index is 2.16. The highest BCUT2D eigenvalue weighted by Gasteiger charge is 2.31. The maximum absolute atomic E-state index is 12.7. The fraction of sp³-hybridized carbons (Fsp3) is 0.529. The quantitative estimate of drug-likeness (QED) is 0.797. The zero-order chi connectivity index (χ0) is 18.6. The van der Waals surface area contributed by atoms with Gasteiger partial charge in [0.2, 0.25) is 10.0 Å². The summed E-state index contributed by atoms with van der Waals surface area (Å²) in [6, 6.07) is 4.60. The summed E-state index contributed by atoms with van der Waals surface area (Å²) in [6.45, 7) is 4.06. The number of benzene rings is 1. The van der Waals surface area contributed by atoms with Crippen molar-refractivity contribution in [1.29, 1.82) is 0 Å². The van der Waals surface area contributed by atoms with Crippen molar-refractivity contribution >= 4 is 21.9 Å². The number of hydrogen-bond acceptors (Lipinski definition) is 4. The highest BCUT2D eigenvalue weighted by molar-refractivity contribution is 7.89. The topological polar surface area (TPSA) is 104 Å². The van der Waals surface area contributed by atoms with Gasteiger partial charge in [0.15, 0.2) is 0 Å². The molecule has 0 bridgehead atoms. The molecule has 2 atom stereocenters. The van der Waals surface area contributed by atoms with Crippen LogP contribution in [-0.4, -0.2) is 48.3 Å². The molecule has 1 aromatic carbocycles. The fourth-order valence-electron chi connectivity index (χ4n) is 2.92. The first kappa shape index (κ1) is 19.4. The van der Waals surface area contributed by atoms with E-state index in [1.807, 2.05) is 6.92 Å². The predicted molar refractivity (Wildman–Crippen MR) is 92.8 cm³/mol. The number of carbonyl (C=O) groups excluding carboxylic acids is 1. The molecule has 1 heterocycles. The average molecular weight is 368 g/mol. The van der Waals surface area contributed by atoms with Gasteiger partial charge in [0.1, 0.15) is 6.04 Å². The molecular formula is C17H24N2O5S. The minimum absolute atomic E-state index is 0.0393. The van der Waals surface area contributed by atoms with Gasteiger partial charge in [0.05, 0.1) is 4.90 Å². The number of nitrogens with one attached hydrogen (secondary N) is 1. The van der Waals surface area contributed by atoms with Gasteiger partial charge >= 0.3 is 5.97 Å². The van der Waals surface area contributed by atoms with Gasteiger partial charge in [-0.1, -0.05) is 13.3 Å². The largest absolute Gasteiger partial charge is 0.480 e. The van der Waals surface area contributed by atoms with Crippen LogP contribution in [-0.2, 0) is 14.8 Å². The van der Waals surface area contributed by atoms with E-state index in [-0.39, 0.29) is 22.9 Å². The van der Waals surface area contributed by atoms with Gasteiger partial charge in [-0.15, -0.1) is 0 Å². The van der Waals surface area contributed by atoms with Gasteiger partial charge in [0, 0.05) is 18.2 Å². The standard InChI is InChI=1S/C17H24N2O5S/c1-3-15(17(21)22)18-16(20)13-7-9-14(10-8-13)25(23,24)19-11-5-4-6-12(19)2/h7-10,12,15H,3-6,11H2,1-2H3,(H,18,20)(H,21,22). The van der Waals surface area contributed by atoms with E-state index < -0.39 is 27.9 Å². The molecule has 138 valence electrons. The van der Waals surface area contributed by atoms with E-state index in [9.17, 15) is 18.0 Å². The maximum Gasteiger partial charge on any atom is 0.326 e. The lowest BCUT2D eigenvalue weighted by Crippen LogP contribution is -2.42. The number of carboxylic acid groups (broad SMARTS) is 1. The Hall–Kier alpha value is -1.93. The zero-order valence-corrected chi connectivity index (χ0v) is 15.3. The molecule has 0 aromatic heterocycles. The van der Waals surface area contributed by atoms with E-state index in [4.69, 9.17) is 5.11 Å². The van der Waals surface area contributed by atoms with E-state index in [0.29, 0.717) is 6.54 Å². The number of carbonyl (C=O) groups is 2. The average Bonchev–Trinajstić information content (AvgIpc) is 2.59. The summed E-state index contributed by atoms with van der Waals surface area (Å²) < 4.78 is 27.0. The summed E-state index contributed by atoms with van der Waals surface area (Å²) >= 11 is 0. The number of rotatable bonds is 6. The number of aliphatic carboxylic acids is 1. The smallest absolute Gasteiger partial charge is 0.326 e. The van der Waals surface area contributed by atoms with Crippen molar-refractivity contribution in [3.05, 3.63) is 29.8 Å². The van der Waals surface area contributed by atoms with Crippen LogP contribution in [0.25, 0.3) is 0 Å². The first-order valence-corrected chi connectivity index (χ1v) is 9.87. The molecule has 1 saturated heterocycles. The molecule has 7 nitrogen and oxygen atoms in total. The molecule has 0 spiro atoms. The summed E-state index contributed by atoms with van der Waals surface area (Å²) in [6.07, 6.45) is 2.97. The SMILES string of the molecule is CCC(NC(=O)c1ccc(S(=O)(=O)N2CCCCC2C)cc1)C(=O)O. The Morgan fingerprint density at radius 1 is 1.28 bits per heavy atom. The molecule has 0 radical (unpaired) electrons. The first-order valence-electron chi connectivity index (χ1n) is 8.43. The van der Waals surface area contributed by atoms with Crippen molar-refractivity contribution in [3.8, 4) is 0 Å². The summed E-state index contributed by atoms with van der Waals surface area (Å²) in [7, 11) is -3.59. The first-order chi connectivity index (χ1) is 11.8. The van der Waals surface area contributed by atoms with Gasteiger partial charge in [-0.05, 0) is 50.5 Å². The molecule has 1 aromatic rings. The second-order valence-corrected chi connectivity index (χ2v) is 8.15. The number of sulfonamides is 1. The maximum atomic E-state index is 12.7. The normalized spacial score (nSPS) is 20.0. The summed E-state index contributed by atoms with van der Waals surface area (Å²) in [5, 5.41) is 11.4. The van der Waals surface area contributed by atoms with Crippen molar-refractivity contribution in [2.75, 3.05) is 6.54 Å². The van der Waals surface area contributed by atoms with E-state index >= 15 is 0 Å². The molecule has 1 aliphatic heterocycles. The number of nitrogens with zero attached hydrogens (tertiary/aromatic N) is 1. The Labute approximate surface area is 148 Å². The van der Waals surface area contributed by atoms with Crippen molar-refractivity contribution in [3.63, 3.8) is 0 Å². The van der Waals surface area contributed by atoms with Crippen molar-refractivity contribution in [2.24, 2.45) is 0 Å². The molecule has 0 aliphatic carbocycles. The third-order valence-corrected chi connectivity index (χ3v) is 6.50. The van der Waals surface area contributed by atoms with E-state index in [1.165, 1.54) is 28.6 Å². The van der Waals surface area contributed by atoms with Gasteiger partial charge in [-0.2, -0.15) is 4.31 Å². The third kappa shape index (κ3) is 4.38. The van der Waals surface area contributed by atoms with Crippen LogP contribution in [0.2, 0.25) is 0 Å². The van der Waals surface area contributed by atoms with Gasteiger partial charge in [-0.25, -0.2) is 13.2 Å². The van der Waals surface area contributed by atoms with E-state index in [0.717, 1.165) is 19.3 Å². The monoisotopic (exact) mass is 368 g/mol. The van der Waals surface area contributed by atoms with Crippen LogP contribution in [0, 0.1) is 0 Å². The van der Waals surface area contributed by atoms with Crippen LogP contribution in [0.5, 0.6) is 0 Å². The van der Waals surface area contributed by atoms with Crippen molar-refractivity contribution < 1.29 is 23.1 Å². The number of amides is 1. The van der Waals surface area contributed by atoms with Crippen LogP contribution in [0.3, 0.4) is 0 Å². The Morgan fingerprint density at radius 3 is 2.44 bits per heavy atom. The number of carboxylic acids is 1. The molecule has 2 rings (SSSR count). The lowest BCUT2D eigenvalue weighted by Gasteiger charge is -2.32. The fourth-order valence-corrected chi connectivity index (χ4v) is 4.62. The summed E-state index contributed by atoms with van der Waals surface area (Å²) in [4.78, 5) is 23.2. The number of piperidine rings is 1. The highest BCUT2D eigenvalue weighted by Crippen LogP contribution is 2.25. The lowest BCUT2D eigenvalue weighted by atomic mass is 10.1. The van der Waals surface area contributed by atoms with Crippen LogP contribution in [0.1, 0.15) is 49.9 Å². The minimum Gasteiger partial charge on any atom is -0.480 e. The number of hydrogen-bond donors (Lipinski definition) is 2. The molecule has 25 heavy (non-hydrogen) atoms. The lowest BCUT2D eigenvalue weighted by molar-refractivity contribution is -0.139. The van der Waals surface area contributed by atoms with Crippen molar-refractivity contribution in [2.45, 2.75) is 56.5 Å². The predicted octanol–water partition coefficient (Wildman–Crippen LogP) is 1.84. The molecular weight excluding hydrogens is 344 g/mol. The second-order valence-electron chi connectivity index (χ2n) is 6.26. The Bertz CT molecular complexity index is 730. The zero-order valence-electron chi connectivity index (χ0n) is 14.4.